The number of piperazine rings is 1. The number of amides is 1. The second-order valence-corrected chi connectivity index (χ2v) is 7.86. The van der Waals surface area contributed by atoms with E-state index >= 15 is 0 Å². The number of para-hydroxylation sites is 1. The van der Waals surface area contributed by atoms with Crippen molar-refractivity contribution in [3.63, 3.8) is 0 Å². The molecule has 168 valence electrons. The molecule has 0 bridgehead atoms. The third kappa shape index (κ3) is 5.52. The van der Waals surface area contributed by atoms with Crippen LogP contribution < -0.4 is 4.74 Å². The fourth-order valence-corrected chi connectivity index (χ4v) is 3.73. The number of carbonyl (C=O) groups excluding carboxylic acids is 1. The van der Waals surface area contributed by atoms with E-state index in [0.29, 0.717) is 31.4 Å². The molecule has 8 nitrogen and oxygen atoms in total. The van der Waals surface area contributed by atoms with Crippen molar-refractivity contribution in [2.24, 2.45) is 0 Å². The Kier molecular flexibility index (Phi) is 7.14. The molecule has 1 aromatic heterocycles. The van der Waals surface area contributed by atoms with Crippen LogP contribution >= 0.6 is 0 Å². The minimum atomic E-state index is 0.0267. The topological polar surface area (TPSA) is 80.9 Å². The van der Waals surface area contributed by atoms with Crippen LogP contribution in [-0.4, -0.2) is 65.7 Å². The maximum absolute atomic E-state index is 12.5. The molecule has 1 saturated heterocycles. The SMILES string of the molecule is COCc1nc(-c2cccc(CN3CCN(C(=O)COc4ccccc4C)CC3)c2)no1. The van der Waals surface area contributed by atoms with Gasteiger partial charge in [0, 0.05) is 45.4 Å². The lowest BCUT2D eigenvalue weighted by Gasteiger charge is -2.34. The second kappa shape index (κ2) is 10.4. The van der Waals surface area contributed by atoms with Gasteiger partial charge in [0.05, 0.1) is 0 Å². The zero-order valence-electron chi connectivity index (χ0n) is 18.5. The molecule has 0 saturated carbocycles. The monoisotopic (exact) mass is 436 g/mol. The molecule has 4 rings (SSSR count). The highest BCUT2D eigenvalue weighted by atomic mass is 16.5. The van der Waals surface area contributed by atoms with Crippen LogP contribution in [0.15, 0.2) is 53.1 Å². The van der Waals surface area contributed by atoms with Crippen LogP contribution in [0.5, 0.6) is 5.75 Å². The van der Waals surface area contributed by atoms with Crippen LogP contribution in [0, 0.1) is 6.92 Å². The first-order valence-electron chi connectivity index (χ1n) is 10.7. The number of rotatable bonds is 8. The molecule has 1 fully saturated rings. The number of hydrogen-bond acceptors (Lipinski definition) is 7. The van der Waals surface area contributed by atoms with Crippen LogP contribution in [0.25, 0.3) is 11.4 Å². The summed E-state index contributed by atoms with van der Waals surface area (Å²) in [6.07, 6.45) is 0. The zero-order valence-corrected chi connectivity index (χ0v) is 18.5. The molecule has 0 spiro atoms. The van der Waals surface area contributed by atoms with Gasteiger partial charge in [-0.2, -0.15) is 4.98 Å². The van der Waals surface area contributed by atoms with Gasteiger partial charge in [-0.3, -0.25) is 9.69 Å². The molecule has 1 aliphatic rings. The van der Waals surface area contributed by atoms with Crippen molar-refractivity contribution < 1.29 is 18.8 Å². The van der Waals surface area contributed by atoms with Crippen LogP contribution in [0.1, 0.15) is 17.0 Å². The normalized spacial score (nSPS) is 14.5. The average molecular weight is 437 g/mol. The predicted molar refractivity (Wildman–Crippen MR) is 119 cm³/mol. The van der Waals surface area contributed by atoms with E-state index in [0.717, 1.165) is 36.5 Å². The third-order valence-electron chi connectivity index (χ3n) is 5.50. The summed E-state index contributed by atoms with van der Waals surface area (Å²) in [5.41, 5.74) is 3.11. The third-order valence-corrected chi connectivity index (χ3v) is 5.50. The summed E-state index contributed by atoms with van der Waals surface area (Å²) in [5.74, 6) is 1.80. The molecule has 0 unspecified atom stereocenters. The van der Waals surface area contributed by atoms with Crippen molar-refractivity contribution in [3.8, 4) is 17.1 Å². The zero-order chi connectivity index (χ0) is 22.3. The van der Waals surface area contributed by atoms with Crippen LogP contribution in [0.2, 0.25) is 0 Å². The number of benzene rings is 2. The van der Waals surface area contributed by atoms with Gasteiger partial charge >= 0.3 is 0 Å². The number of aromatic nitrogens is 2. The van der Waals surface area contributed by atoms with Gasteiger partial charge in [0.1, 0.15) is 12.4 Å². The lowest BCUT2D eigenvalue weighted by atomic mass is 10.1. The number of methoxy groups -OCH3 is 1. The lowest BCUT2D eigenvalue weighted by molar-refractivity contribution is -0.135. The Morgan fingerprint density at radius 1 is 1.09 bits per heavy atom. The van der Waals surface area contributed by atoms with E-state index in [1.54, 1.807) is 7.11 Å². The average Bonchev–Trinajstić information content (AvgIpc) is 3.28. The molecular weight excluding hydrogens is 408 g/mol. The first-order valence-corrected chi connectivity index (χ1v) is 10.7. The summed E-state index contributed by atoms with van der Waals surface area (Å²) in [6.45, 7) is 6.18. The Bertz CT molecular complexity index is 1040. The van der Waals surface area contributed by atoms with E-state index in [4.69, 9.17) is 14.0 Å². The van der Waals surface area contributed by atoms with E-state index in [1.807, 2.05) is 48.2 Å². The fraction of sp³-hybridized carbons (Fsp3) is 0.375. The molecule has 8 heteroatoms. The summed E-state index contributed by atoms with van der Waals surface area (Å²) in [6, 6.07) is 15.9. The van der Waals surface area contributed by atoms with Gasteiger partial charge in [0.2, 0.25) is 5.82 Å². The number of hydrogen-bond donors (Lipinski definition) is 0. The first kappa shape index (κ1) is 22.0. The highest BCUT2D eigenvalue weighted by molar-refractivity contribution is 5.78. The Labute approximate surface area is 187 Å². The van der Waals surface area contributed by atoms with Crippen LogP contribution in [0.4, 0.5) is 0 Å². The van der Waals surface area contributed by atoms with Crippen molar-refractivity contribution in [2.75, 3.05) is 39.9 Å². The highest BCUT2D eigenvalue weighted by Gasteiger charge is 2.22. The van der Waals surface area contributed by atoms with E-state index in [-0.39, 0.29) is 12.5 Å². The van der Waals surface area contributed by atoms with E-state index in [9.17, 15) is 4.79 Å². The van der Waals surface area contributed by atoms with Gasteiger partial charge in [0.25, 0.3) is 11.8 Å². The van der Waals surface area contributed by atoms with Gasteiger partial charge in [-0.15, -0.1) is 0 Å². The number of ether oxygens (including phenoxy) is 2. The minimum Gasteiger partial charge on any atom is -0.484 e. The Morgan fingerprint density at radius 2 is 1.91 bits per heavy atom. The molecule has 2 heterocycles. The molecule has 2 aromatic carbocycles. The van der Waals surface area contributed by atoms with E-state index < -0.39 is 0 Å². The van der Waals surface area contributed by atoms with E-state index in [2.05, 4.69) is 27.2 Å². The fourth-order valence-electron chi connectivity index (χ4n) is 3.73. The van der Waals surface area contributed by atoms with Crippen molar-refractivity contribution in [1.82, 2.24) is 19.9 Å². The number of aryl methyl sites for hydroxylation is 1. The summed E-state index contributed by atoms with van der Waals surface area (Å²) < 4.78 is 15.9. The largest absolute Gasteiger partial charge is 0.484 e. The summed E-state index contributed by atoms with van der Waals surface area (Å²) in [5, 5.41) is 4.03. The maximum Gasteiger partial charge on any atom is 0.260 e. The highest BCUT2D eigenvalue weighted by Crippen LogP contribution is 2.20. The van der Waals surface area contributed by atoms with Gasteiger partial charge in [-0.1, -0.05) is 41.6 Å². The smallest absolute Gasteiger partial charge is 0.260 e. The molecule has 0 radical (unpaired) electrons. The minimum absolute atomic E-state index is 0.0267. The standard InChI is InChI=1S/C24H28N4O4/c1-18-6-3-4-9-21(18)31-17-23(29)28-12-10-27(11-13-28)15-19-7-5-8-20(14-19)24-25-22(16-30-2)32-26-24/h3-9,14H,10-13,15-17H2,1-2H3. The maximum atomic E-state index is 12.5. The molecule has 1 amide bonds. The second-order valence-electron chi connectivity index (χ2n) is 7.86. The quantitative estimate of drug-likeness (QED) is 0.537. The van der Waals surface area contributed by atoms with E-state index in [1.165, 1.54) is 5.56 Å². The Hall–Kier alpha value is -3.23. The molecule has 1 aliphatic heterocycles. The summed E-state index contributed by atoms with van der Waals surface area (Å²) in [4.78, 5) is 21.1. The van der Waals surface area contributed by atoms with Gasteiger partial charge in [-0.25, -0.2) is 0 Å². The van der Waals surface area contributed by atoms with Crippen molar-refractivity contribution in [2.45, 2.75) is 20.1 Å². The van der Waals surface area contributed by atoms with Crippen molar-refractivity contribution in [1.29, 1.82) is 0 Å². The van der Waals surface area contributed by atoms with Gasteiger partial charge < -0.3 is 18.9 Å². The summed E-state index contributed by atoms with van der Waals surface area (Å²) >= 11 is 0. The molecule has 0 N–H and O–H groups in total. The van der Waals surface area contributed by atoms with Crippen molar-refractivity contribution in [3.05, 3.63) is 65.5 Å². The molecule has 32 heavy (non-hydrogen) atoms. The Balaban J connectivity index is 1.27. The first-order chi connectivity index (χ1) is 15.6. The van der Waals surface area contributed by atoms with Gasteiger partial charge in [0.15, 0.2) is 6.61 Å². The van der Waals surface area contributed by atoms with Crippen LogP contribution in [-0.2, 0) is 22.7 Å². The van der Waals surface area contributed by atoms with Crippen LogP contribution in [0.3, 0.4) is 0 Å². The predicted octanol–water partition coefficient (Wildman–Crippen LogP) is 2.91. The molecule has 0 aliphatic carbocycles. The number of nitrogens with zero attached hydrogens (tertiary/aromatic N) is 4. The number of carbonyl (C=O) groups is 1. The van der Waals surface area contributed by atoms with Crippen molar-refractivity contribution >= 4 is 5.91 Å². The summed E-state index contributed by atoms with van der Waals surface area (Å²) in [7, 11) is 1.59. The Morgan fingerprint density at radius 3 is 2.69 bits per heavy atom. The molecule has 0 atom stereocenters. The lowest BCUT2D eigenvalue weighted by Crippen LogP contribution is -2.49. The molecule has 3 aromatic rings. The van der Waals surface area contributed by atoms with Gasteiger partial charge in [-0.05, 0) is 30.2 Å². The molecular formula is C24H28N4O4.